The molecule has 4 nitrogen and oxygen atoms in total. The van der Waals surface area contributed by atoms with Crippen molar-refractivity contribution in [2.45, 2.75) is 25.4 Å². The highest BCUT2D eigenvalue weighted by atomic mass is 35.5. The van der Waals surface area contributed by atoms with Crippen LogP contribution in [0.5, 0.6) is 0 Å². The Hall–Kier alpha value is -2.82. The number of hydrogen-bond donors (Lipinski definition) is 0. The molecule has 2 aliphatic rings. The Kier molecular flexibility index (Phi) is 4.57. The normalized spacial score (nSPS) is 20.0. The third kappa shape index (κ3) is 2.91. The van der Waals surface area contributed by atoms with Crippen molar-refractivity contribution in [2.75, 3.05) is 23.0 Å². The van der Waals surface area contributed by atoms with Crippen LogP contribution in [0.25, 0.3) is 0 Å². The van der Waals surface area contributed by atoms with E-state index in [1.54, 1.807) is 0 Å². The maximum atomic E-state index is 13.9. The molecule has 5 rings (SSSR count). The Morgan fingerprint density at radius 1 is 0.900 bits per heavy atom. The lowest BCUT2D eigenvalue weighted by Gasteiger charge is -2.47. The molecule has 1 unspecified atom stereocenters. The van der Waals surface area contributed by atoms with Crippen LogP contribution in [0.1, 0.15) is 22.7 Å². The summed E-state index contributed by atoms with van der Waals surface area (Å²) in [4.78, 5) is 17.7. The second-order valence-corrected chi connectivity index (χ2v) is 8.65. The van der Waals surface area contributed by atoms with Crippen molar-refractivity contribution in [2.24, 2.45) is 0 Å². The second kappa shape index (κ2) is 7.15. The number of halogens is 1. The molecule has 0 aliphatic carbocycles. The molecule has 2 heterocycles. The molecule has 1 spiro atoms. The van der Waals surface area contributed by atoms with Gasteiger partial charge in [-0.05, 0) is 55.8 Å². The van der Waals surface area contributed by atoms with Crippen molar-refractivity contribution in [3.05, 3.63) is 94.5 Å². The molecule has 2 fully saturated rings. The van der Waals surface area contributed by atoms with Crippen LogP contribution in [-0.2, 0) is 4.74 Å². The number of ether oxygens (including phenoxy) is 1. The van der Waals surface area contributed by atoms with E-state index >= 15 is 0 Å². The molecule has 5 heteroatoms. The number of nitrogens with zero attached hydrogens (tertiary/aromatic N) is 2. The molecule has 0 bridgehead atoms. The third-order valence-electron chi connectivity index (χ3n) is 6.07. The summed E-state index contributed by atoms with van der Waals surface area (Å²) in [6, 6.07) is 23.8. The summed E-state index contributed by atoms with van der Waals surface area (Å²) in [6.45, 7) is 5.12. The lowest BCUT2D eigenvalue weighted by Crippen LogP contribution is -2.62. The van der Waals surface area contributed by atoms with Gasteiger partial charge >= 0.3 is 6.03 Å². The van der Waals surface area contributed by atoms with Gasteiger partial charge in [0.15, 0.2) is 0 Å². The summed E-state index contributed by atoms with van der Waals surface area (Å²) in [5.41, 5.74) is 4.70. The zero-order valence-electron chi connectivity index (χ0n) is 17.0. The topological polar surface area (TPSA) is 32.8 Å². The van der Waals surface area contributed by atoms with Crippen LogP contribution in [0.3, 0.4) is 0 Å². The average molecular weight is 419 g/mol. The molecule has 0 N–H and O–H groups in total. The first-order valence-electron chi connectivity index (χ1n) is 10.1. The van der Waals surface area contributed by atoms with Gasteiger partial charge in [0.1, 0.15) is 5.54 Å². The molecule has 30 heavy (non-hydrogen) atoms. The quantitative estimate of drug-likeness (QED) is 0.529. The van der Waals surface area contributed by atoms with Crippen molar-refractivity contribution >= 4 is 29.0 Å². The number of aryl methyl sites for hydroxylation is 2. The zero-order chi connectivity index (χ0) is 20.9. The van der Waals surface area contributed by atoms with E-state index in [1.165, 1.54) is 5.56 Å². The van der Waals surface area contributed by atoms with E-state index in [4.69, 9.17) is 16.3 Å². The fraction of sp³-hybridized carbons (Fsp3) is 0.240. The molecule has 0 aromatic heterocycles. The Morgan fingerprint density at radius 2 is 1.57 bits per heavy atom. The Bertz CT molecular complexity index is 1090. The van der Waals surface area contributed by atoms with Crippen LogP contribution < -0.4 is 9.80 Å². The Labute approximate surface area is 181 Å². The lowest BCUT2D eigenvalue weighted by molar-refractivity contribution is -0.0580. The van der Waals surface area contributed by atoms with Crippen molar-refractivity contribution in [1.82, 2.24) is 0 Å². The largest absolute Gasteiger partial charge is 0.376 e. The van der Waals surface area contributed by atoms with Crippen LogP contribution in [0.4, 0.5) is 16.2 Å². The van der Waals surface area contributed by atoms with E-state index in [0.717, 1.165) is 22.5 Å². The molecular weight excluding hydrogens is 396 g/mol. The number of anilines is 2. The SMILES string of the molecule is Cc1ccc(N2C(=O)N(c3ccc(Cl)cc3)C(c3cccc(C)c3)C23COC3)cc1. The molecule has 3 aromatic carbocycles. The first kappa shape index (κ1) is 19.2. The van der Waals surface area contributed by atoms with Gasteiger partial charge in [0.25, 0.3) is 0 Å². The van der Waals surface area contributed by atoms with Gasteiger partial charge in [-0.2, -0.15) is 0 Å². The van der Waals surface area contributed by atoms with E-state index in [2.05, 4.69) is 31.2 Å². The van der Waals surface area contributed by atoms with Gasteiger partial charge in [0, 0.05) is 16.4 Å². The van der Waals surface area contributed by atoms with E-state index in [-0.39, 0.29) is 12.1 Å². The summed E-state index contributed by atoms with van der Waals surface area (Å²) < 4.78 is 5.73. The van der Waals surface area contributed by atoms with Gasteiger partial charge in [0.05, 0.1) is 19.3 Å². The fourth-order valence-corrected chi connectivity index (χ4v) is 4.72. The number of amides is 2. The first-order chi connectivity index (χ1) is 14.5. The number of benzene rings is 3. The molecule has 1 atom stereocenters. The van der Waals surface area contributed by atoms with Crippen LogP contribution in [0.2, 0.25) is 5.02 Å². The van der Waals surface area contributed by atoms with Gasteiger partial charge < -0.3 is 4.74 Å². The smallest absolute Gasteiger partial charge is 0.330 e. The van der Waals surface area contributed by atoms with Crippen molar-refractivity contribution in [3.63, 3.8) is 0 Å². The summed E-state index contributed by atoms with van der Waals surface area (Å²) in [7, 11) is 0. The van der Waals surface area contributed by atoms with Crippen LogP contribution >= 0.6 is 11.6 Å². The highest BCUT2D eigenvalue weighted by Crippen LogP contribution is 2.51. The number of hydrogen-bond acceptors (Lipinski definition) is 2. The number of urea groups is 1. The maximum absolute atomic E-state index is 13.9. The van der Waals surface area contributed by atoms with Gasteiger partial charge in [-0.25, -0.2) is 4.79 Å². The van der Waals surface area contributed by atoms with Gasteiger partial charge in [0.2, 0.25) is 0 Å². The molecule has 2 saturated heterocycles. The van der Waals surface area contributed by atoms with Crippen molar-refractivity contribution in [3.8, 4) is 0 Å². The highest BCUT2D eigenvalue weighted by molar-refractivity contribution is 6.30. The van der Waals surface area contributed by atoms with Crippen molar-refractivity contribution in [1.29, 1.82) is 0 Å². The molecular formula is C25H23ClN2O2. The minimum atomic E-state index is -0.459. The van der Waals surface area contributed by atoms with Gasteiger partial charge in [-0.3, -0.25) is 9.80 Å². The monoisotopic (exact) mass is 418 g/mol. The third-order valence-corrected chi connectivity index (χ3v) is 6.32. The summed E-state index contributed by atoms with van der Waals surface area (Å²) in [5.74, 6) is 0. The van der Waals surface area contributed by atoms with E-state index < -0.39 is 5.54 Å². The van der Waals surface area contributed by atoms with E-state index in [0.29, 0.717) is 18.2 Å². The van der Waals surface area contributed by atoms with Crippen LogP contribution in [0.15, 0.2) is 72.8 Å². The number of carbonyl (C=O) groups excluding carboxylic acids is 1. The standard InChI is InChI=1S/C25H23ClN2O2/c1-17-6-10-22(11-7-17)28-24(29)27(21-12-8-20(26)9-13-21)23(25(28)15-30-16-25)19-5-3-4-18(2)14-19/h3-14,23H,15-16H2,1-2H3. The van der Waals surface area contributed by atoms with Crippen LogP contribution in [-0.4, -0.2) is 24.8 Å². The maximum Gasteiger partial charge on any atom is 0.330 e. The molecule has 2 aliphatic heterocycles. The lowest BCUT2D eigenvalue weighted by atomic mass is 9.82. The number of carbonyl (C=O) groups is 1. The zero-order valence-corrected chi connectivity index (χ0v) is 17.8. The first-order valence-corrected chi connectivity index (χ1v) is 10.5. The molecule has 3 aromatic rings. The minimum Gasteiger partial charge on any atom is -0.376 e. The summed E-state index contributed by atoms with van der Waals surface area (Å²) in [5, 5.41) is 0.648. The van der Waals surface area contributed by atoms with Crippen LogP contribution in [0, 0.1) is 13.8 Å². The highest BCUT2D eigenvalue weighted by Gasteiger charge is 2.62. The molecule has 2 amide bonds. The summed E-state index contributed by atoms with van der Waals surface area (Å²) in [6.07, 6.45) is 0. The van der Waals surface area contributed by atoms with Gasteiger partial charge in [-0.15, -0.1) is 0 Å². The number of rotatable bonds is 3. The minimum absolute atomic E-state index is 0.0454. The second-order valence-electron chi connectivity index (χ2n) is 8.21. The predicted octanol–water partition coefficient (Wildman–Crippen LogP) is 5.91. The fourth-order valence-electron chi connectivity index (χ4n) is 4.59. The molecule has 152 valence electrons. The Morgan fingerprint density at radius 3 is 2.17 bits per heavy atom. The average Bonchev–Trinajstić information content (AvgIpc) is 2.99. The van der Waals surface area contributed by atoms with E-state index in [9.17, 15) is 4.79 Å². The Balaban J connectivity index is 1.70. The molecule has 0 radical (unpaired) electrons. The molecule has 0 saturated carbocycles. The predicted molar refractivity (Wildman–Crippen MR) is 120 cm³/mol. The van der Waals surface area contributed by atoms with E-state index in [1.807, 2.05) is 65.3 Å². The summed E-state index contributed by atoms with van der Waals surface area (Å²) >= 11 is 6.13. The van der Waals surface area contributed by atoms with Gasteiger partial charge in [-0.1, -0.05) is 59.1 Å². The van der Waals surface area contributed by atoms with Crippen molar-refractivity contribution < 1.29 is 9.53 Å².